The molecule has 0 atom stereocenters. The Bertz CT molecular complexity index is 441. The first-order valence-electron chi connectivity index (χ1n) is 3.46. The van der Waals surface area contributed by atoms with Gasteiger partial charge in [-0.1, -0.05) is 11.6 Å². The number of fused-ring (bicyclic) bond motifs is 1. The number of thiazole rings is 1. The fraction of sp³-hybridized carbons (Fsp3) is 0.125. The fourth-order valence-corrected chi connectivity index (χ4v) is 2.43. The van der Waals surface area contributed by atoms with Crippen molar-refractivity contribution in [3.63, 3.8) is 0 Å². The second-order valence-electron chi connectivity index (χ2n) is 2.61. The molecule has 0 radical (unpaired) electrons. The highest BCUT2D eigenvalue weighted by molar-refractivity contribution is 7.73. The number of aromatic amines is 1. The van der Waals surface area contributed by atoms with Gasteiger partial charge >= 0.3 is 0 Å². The van der Waals surface area contributed by atoms with Gasteiger partial charge in [0.1, 0.15) is 0 Å². The van der Waals surface area contributed by atoms with Gasteiger partial charge in [0.05, 0.1) is 10.2 Å². The molecule has 0 fully saturated rings. The van der Waals surface area contributed by atoms with Gasteiger partial charge in [-0.2, -0.15) is 0 Å². The minimum absolute atomic E-state index is 0.784. The summed E-state index contributed by atoms with van der Waals surface area (Å²) >= 11 is 12.5. The third-order valence-electron chi connectivity index (χ3n) is 1.70. The Hall–Kier alpha value is -0.380. The second-order valence-corrected chi connectivity index (χ2v) is 4.74. The highest BCUT2D eigenvalue weighted by Gasteiger charge is 2.00. The molecule has 0 spiro atoms. The molecule has 1 N–H and O–H groups in total. The number of benzene rings is 1. The van der Waals surface area contributed by atoms with E-state index in [2.05, 4.69) is 11.1 Å². The molecule has 0 amide bonds. The van der Waals surface area contributed by atoms with E-state index in [0.29, 0.717) is 0 Å². The molecule has 62 valence electrons. The van der Waals surface area contributed by atoms with Crippen molar-refractivity contribution in [1.29, 1.82) is 0 Å². The van der Waals surface area contributed by atoms with Crippen molar-refractivity contribution < 1.29 is 0 Å². The molecule has 2 rings (SSSR count). The molecule has 0 saturated carbocycles. The van der Waals surface area contributed by atoms with E-state index >= 15 is 0 Å². The number of halogens is 1. The summed E-state index contributed by atoms with van der Waals surface area (Å²) in [4.78, 5) is 3.08. The Balaban J connectivity index is 2.92. The average Bonchev–Trinajstić information content (AvgIpc) is 2.30. The number of aryl methyl sites for hydroxylation is 1. The van der Waals surface area contributed by atoms with Crippen LogP contribution in [0.25, 0.3) is 10.2 Å². The smallest absolute Gasteiger partial charge is 0.159 e. The summed E-state index contributed by atoms with van der Waals surface area (Å²) in [5, 5.41) is 0.784. The zero-order chi connectivity index (χ0) is 8.72. The Morgan fingerprint density at radius 3 is 3.00 bits per heavy atom. The predicted octanol–water partition coefficient (Wildman–Crippen LogP) is 3.92. The molecule has 1 nitrogen and oxygen atoms in total. The molecule has 0 aliphatic carbocycles. The van der Waals surface area contributed by atoms with Crippen molar-refractivity contribution in [2.75, 3.05) is 0 Å². The Morgan fingerprint density at radius 2 is 2.25 bits per heavy atom. The Labute approximate surface area is 84.0 Å². The van der Waals surface area contributed by atoms with E-state index < -0.39 is 0 Å². The largest absolute Gasteiger partial charge is 0.337 e. The van der Waals surface area contributed by atoms with Crippen LogP contribution in [0.5, 0.6) is 0 Å². The van der Waals surface area contributed by atoms with Crippen LogP contribution in [0.3, 0.4) is 0 Å². The third-order valence-corrected chi connectivity index (χ3v) is 3.30. The van der Waals surface area contributed by atoms with E-state index in [-0.39, 0.29) is 0 Å². The number of hydrogen-bond acceptors (Lipinski definition) is 2. The van der Waals surface area contributed by atoms with Crippen LogP contribution in [-0.4, -0.2) is 4.98 Å². The van der Waals surface area contributed by atoms with Crippen molar-refractivity contribution in [2.24, 2.45) is 0 Å². The van der Waals surface area contributed by atoms with Crippen LogP contribution in [-0.2, 0) is 0 Å². The molecule has 4 heteroatoms. The van der Waals surface area contributed by atoms with Crippen LogP contribution in [0.4, 0.5) is 0 Å². The maximum absolute atomic E-state index is 5.95. The van der Waals surface area contributed by atoms with Gasteiger partial charge in [-0.05, 0) is 36.8 Å². The topological polar surface area (TPSA) is 15.8 Å². The molecule has 12 heavy (non-hydrogen) atoms. The zero-order valence-electron chi connectivity index (χ0n) is 6.35. The van der Waals surface area contributed by atoms with Gasteiger partial charge in [-0.3, -0.25) is 0 Å². The highest BCUT2D eigenvalue weighted by Crippen LogP contribution is 2.25. The minimum Gasteiger partial charge on any atom is -0.337 e. The summed E-state index contributed by atoms with van der Waals surface area (Å²) in [5.74, 6) is 0. The lowest BCUT2D eigenvalue weighted by Crippen LogP contribution is -1.74. The van der Waals surface area contributed by atoms with Gasteiger partial charge in [0.2, 0.25) is 0 Å². The van der Waals surface area contributed by atoms with Gasteiger partial charge in [0.15, 0.2) is 3.95 Å². The summed E-state index contributed by atoms with van der Waals surface area (Å²) in [6, 6.07) is 3.97. The quantitative estimate of drug-likeness (QED) is 0.659. The van der Waals surface area contributed by atoms with Crippen LogP contribution < -0.4 is 0 Å². The van der Waals surface area contributed by atoms with E-state index in [1.54, 1.807) is 11.3 Å². The summed E-state index contributed by atoms with van der Waals surface area (Å²) < 4.78 is 1.97. The van der Waals surface area contributed by atoms with E-state index in [1.165, 1.54) is 4.70 Å². The lowest BCUT2D eigenvalue weighted by molar-refractivity contribution is 1.45. The SMILES string of the molecule is Cc1cc2sc(=S)[nH]c2cc1Cl. The lowest BCUT2D eigenvalue weighted by Gasteiger charge is -1.95. The minimum atomic E-state index is 0.784. The first-order chi connectivity index (χ1) is 5.66. The summed E-state index contributed by atoms with van der Waals surface area (Å²) in [5.41, 5.74) is 2.12. The molecule has 0 aliphatic rings. The number of nitrogens with one attached hydrogen (secondary N) is 1. The monoisotopic (exact) mass is 215 g/mol. The second kappa shape index (κ2) is 2.83. The van der Waals surface area contributed by atoms with Gasteiger partial charge in [-0.15, -0.1) is 11.3 Å². The third kappa shape index (κ3) is 1.28. The summed E-state index contributed by atoms with van der Waals surface area (Å²) in [6.45, 7) is 1.99. The van der Waals surface area contributed by atoms with Crippen molar-refractivity contribution >= 4 is 45.4 Å². The molecule has 0 bridgehead atoms. The number of hydrogen-bond donors (Lipinski definition) is 1. The number of rotatable bonds is 0. The Kier molecular flexibility index (Phi) is 1.94. The maximum atomic E-state index is 5.95. The van der Waals surface area contributed by atoms with Gasteiger partial charge in [0.25, 0.3) is 0 Å². The Morgan fingerprint density at radius 1 is 1.50 bits per heavy atom. The zero-order valence-corrected chi connectivity index (χ0v) is 8.74. The summed E-state index contributed by atoms with van der Waals surface area (Å²) in [6.07, 6.45) is 0. The molecule has 1 heterocycles. The van der Waals surface area contributed by atoms with Crippen LogP contribution >= 0.6 is 35.2 Å². The van der Waals surface area contributed by atoms with Crippen LogP contribution in [0.2, 0.25) is 5.02 Å². The van der Waals surface area contributed by atoms with Gasteiger partial charge in [0, 0.05) is 5.02 Å². The van der Waals surface area contributed by atoms with Crippen LogP contribution in [0.15, 0.2) is 12.1 Å². The van der Waals surface area contributed by atoms with Crippen molar-refractivity contribution in [3.05, 3.63) is 26.7 Å². The van der Waals surface area contributed by atoms with Crippen molar-refractivity contribution in [1.82, 2.24) is 4.98 Å². The van der Waals surface area contributed by atoms with Crippen molar-refractivity contribution in [3.8, 4) is 0 Å². The van der Waals surface area contributed by atoms with Crippen molar-refractivity contribution in [2.45, 2.75) is 6.92 Å². The highest BCUT2D eigenvalue weighted by atomic mass is 35.5. The molecule has 0 aliphatic heterocycles. The molecule has 1 aromatic heterocycles. The van der Waals surface area contributed by atoms with Gasteiger partial charge < -0.3 is 4.98 Å². The standard InChI is InChI=1S/C8H6ClNS2/c1-4-2-7-6(3-5(4)9)10-8(11)12-7/h2-3H,1H3,(H,10,11). The first-order valence-corrected chi connectivity index (χ1v) is 5.06. The molecule has 2 aromatic rings. The number of aromatic nitrogens is 1. The first kappa shape index (κ1) is 8.23. The molecular weight excluding hydrogens is 210 g/mol. The lowest BCUT2D eigenvalue weighted by atomic mass is 10.2. The van der Waals surface area contributed by atoms with E-state index in [1.807, 2.05) is 13.0 Å². The normalized spacial score (nSPS) is 10.8. The molecular formula is C8H6ClNS2. The maximum Gasteiger partial charge on any atom is 0.159 e. The molecule has 0 saturated heterocycles. The van der Waals surface area contributed by atoms with E-state index in [0.717, 1.165) is 20.1 Å². The predicted molar refractivity (Wildman–Crippen MR) is 56.8 cm³/mol. The van der Waals surface area contributed by atoms with E-state index in [4.69, 9.17) is 23.8 Å². The fourth-order valence-electron chi connectivity index (χ4n) is 1.07. The van der Waals surface area contributed by atoms with Crippen LogP contribution in [0, 0.1) is 10.9 Å². The molecule has 1 aromatic carbocycles. The molecule has 0 unspecified atom stereocenters. The number of H-pyrrole nitrogens is 1. The van der Waals surface area contributed by atoms with E-state index in [9.17, 15) is 0 Å². The van der Waals surface area contributed by atoms with Crippen LogP contribution in [0.1, 0.15) is 5.56 Å². The average molecular weight is 216 g/mol. The van der Waals surface area contributed by atoms with Gasteiger partial charge in [-0.25, -0.2) is 0 Å². The summed E-state index contributed by atoms with van der Waals surface area (Å²) in [7, 11) is 0.